The molecular weight excluding hydrogens is 612 g/mol. The van der Waals surface area contributed by atoms with Crippen molar-refractivity contribution in [2.24, 2.45) is 0 Å². The third-order valence-electron chi connectivity index (χ3n) is 5.69. The Kier molecular flexibility index (Phi) is 22.5. The van der Waals surface area contributed by atoms with E-state index in [2.05, 4.69) is 0 Å². The van der Waals surface area contributed by atoms with Crippen molar-refractivity contribution in [3.8, 4) is 11.5 Å². The number of ether oxygens (including phenoxy) is 10. The molecule has 2 aromatic rings. The van der Waals surface area contributed by atoms with Crippen molar-refractivity contribution < 1.29 is 57.2 Å². The fourth-order valence-electron chi connectivity index (χ4n) is 3.41. The van der Waals surface area contributed by atoms with Gasteiger partial charge in [0.1, 0.15) is 24.7 Å². The lowest BCUT2D eigenvalue weighted by molar-refractivity contribution is -0.385. The highest BCUT2D eigenvalue weighted by atomic mass is 16.6. The van der Waals surface area contributed by atoms with Gasteiger partial charge in [-0.1, -0.05) is 0 Å². The summed E-state index contributed by atoms with van der Waals surface area (Å²) in [4.78, 5) is 20.3. The quantitative estimate of drug-likeness (QED) is 0.0656. The molecule has 0 fully saturated rings. The van der Waals surface area contributed by atoms with Crippen molar-refractivity contribution in [3.63, 3.8) is 0 Å². The van der Waals surface area contributed by atoms with Crippen molar-refractivity contribution in [1.29, 1.82) is 0 Å². The molecule has 0 aliphatic carbocycles. The smallest absolute Gasteiger partial charge is 0.269 e. The van der Waals surface area contributed by atoms with Gasteiger partial charge in [-0.05, 0) is 24.3 Å². The molecule has 2 aromatic carbocycles. The molecule has 0 saturated carbocycles. The van der Waals surface area contributed by atoms with Gasteiger partial charge in [0.25, 0.3) is 11.4 Å². The summed E-state index contributed by atoms with van der Waals surface area (Å²) in [7, 11) is 0. The Morgan fingerprint density at radius 3 is 0.739 bits per heavy atom. The highest BCUT2D eigenvalue weighted by Gasteiger charge is 2.05. The number of nitrogens with zero attached hydrogens (tertiary/aromatic N) is 2. The predicted molar refractivity (Wildman–Crippen MR) is 164 cm³/mol. The summed E-state index contributed by atoms with van der Waals surface area (Å²) in [5.74, 6) is 1.10. The van der Waals surface area contributed by atoms with Crippen molar-refractivity contribution in [3.05, 3.63) is 68.8 Å². The van der Waals surface area contributed by atoms with Crippen LogP contribution in [-0.4, -0.2) is 129 Å². The van der Waals surface area contributed by atoms with Crippen LogP contribution in [0.1, 0.15) is 0 Å². The van der Waals surface area contributed by atoms with E-state index in [4.69, 9.17) is 47.4 Å². The molecule has 0 aliphatic rings. The Labute approximate surface area is 267 Å². The molecule has 0 spiro atoms. The average Bonchev–Trinajstić information content (AvgIpc) is 3.06. The second-order valence-corrected chi connectivity index (χ2v) is 9.10. The first-order chi connectivity index (χ1) is 22.6. The van der Waals surface area contributed by atoms with Crippen LogP contribution in [0.15, 0.2) is 48.5 Å². The van der Waals surface area contributed by atoms with E-state index >= 15 is 0 Å². The van der Waals surface area contributed by atoms with Crippen LogP contribution in [0.4, 0.5) is 11.4 Å². The first-order valence-corrected chi connectivity index (χ1v) is 14.9. The van der Waals surface area contributed by atoms with Crippen LogP contribution in [0.5, 0.6) is 11.5 Å². The highest BCUT2D eigenvalue weighted by molar-refractivity contribution is 5.36. The molecule has 16 nitrogen and oxygen atoms in total. The molecule has 0 bridgehead atoms. The zero-order valence-corrected chi connectivity index (χ0v) is 26.0. The van der Waals surface area contributed by atoms with Crippen LogP contribution < -0.4 is 9.47 Å². The number of rotatable bonds is 31. The second-order valence-electron chi connectivity index (χ2n) is 9.10. The third kappa shape index (κ3) is 20.5. The summed E-state index contributed by atoms with van der Waals surface area (Å²) in [6, 6.07) is 11.8. The SMILES string of the molecule is O=[N+]([O-])c1ccc(OCCOCCOCCOCCOCCOCCOCCOCCOCCOc2ccc([N+](=O)[O-])cc2)cc1. The Morgan fingerprint density at radius 2 is 0.543 bits per heavy atom. The minimum absolute atomic E-state index is 0.0194. The molecule has 0 unspecified atom stereocenters. The second kappa shape index (κ2) is 26.7. The van der Waals surface area contributed by atoms with E-state index in [0.717, 1.165) is 0 Å². The van der Waals surface area contributed by atoms with E-state index in [0.29, 0.717) is 130 Å². The van der Waals surface area contributed by atoms with E-state index in [1.807, 2.05) is 0 Å². The fourth-order valence-corrected chi connectivity index (χ4v) is 3.41. The average molecular weight is 657 g/mol. The molecule has 16 heteroatoms. The fraction of sp³-hybridized carbons (Fsp3) is 0.600. The van der Waals surface area contributed by atoms with Crippen LogP contribution >= 0.6 is 0 Å². The van der Waals surface area contributed by atoms with E-state index in [1.165, 1.54) is 24.3 Å². The number of hydrogen-bond donors (Lipinski definition) is 0. The van der Waals surface area contributed by atoms with Gasteiger partial charge < -0.3 is 47.4 Å². The van der Waals surface area contributed by atoms with Crippen molar-refractivity contribution >= 4 is 11.4 Å². The zero-order valence-electron chi connectivity index (χ0n) is 26.0. The van der Waals surface area contributed by atoms with Gasteiger partial charge in [-0.3, -0.25) is 20.2 Å². The maximum absolute atomic E-state index is 10.6. The molecule has 0 aromatic heterocycles. The van der Waals surface area contributed by atoms with Gasteiger partial charge in [-0.2, -0.15) is 0 Å². The maximum Gasteiger partial charge on any atom is 0.269 e. The summed E-state index contributed by atoms with van der Waals surface area (Å²) >= 11 is 0. The normalized spacial score (nSPS) is 11.0. The Morgan fingerprint density at radius 1 is 0.348 bits per heavy atom. The van der Waals surface area contributed by atoms with Crippen LogP contribution in [0.25, 0.3) is 0 Å². The van der Waals surface area contributed by atoms with Gasteiger partial charge >= 0.3 is 0 Å². The Bertz CT molecular complexity index is 959. The van der Waals surface area contributed by atoms with Crippen molar-refractivity contribution in [2.75, 3.05) is 119 Å². The number of nitro benzene ring substituents is 2. The first-order valence-electron chi connectivity index (χ1n) is 14.9. The highest BCUT2D eigenvalue weighted by Crippen LogP contribution is 2.18. The minimum atomic E-state index is -0.458. The van der Waals surface area contributed by atoms with Gasteiger partial charge in [0.2, 0.25) is 0 Å². The van der Waals surface area contributed by atoms with E-state index < -0.39 is 9.85 Å². The zero-order chi connectivity index (χ0) is 32.9. The number of non-ortho nitro benzene ring substituents is 2. The third-order valence-corrected chi connectivity index (χ3v) is 5.69. The monoisotopic (exact) mass is 656 g/mol. The first kappa shape index (κ1) is 38.7. The van der Waals surface area contributed by atoms with E-state index in [9.17, 15) is 20.2 Å². The number of nitro groups is 2. The minimum Gasteiger partial charge on any atom is -0.491 e. The molecule has 0 amide bonds. The molecule has 0 saturated heterocycles. The lowest BCUT2D eigenvalue weighted by Crippen LogP contribution is -2.15. The molecule has 0 heterocycles. The van der Waals surface area contributed by atoms with Gasteiger partial charge in [-0.15, -0.1) is 0 Å². The number of benzene rings is 2. The summed E-state index contributed by atoms with van der Waals surface area (Å²) in [5.41, 5.74) is 0.0389. The van der Waals surface area contributed by atoms with E-state index in [-0.39, 0.29) is 11.4 Å². The Hall–Kier alpha value is -3.48. The van der Waals surface area contributed by atoms with Crippen LogP contribution in [0.2, 0.25) is 0 Å². The van der Waals surface area contributed by atoms with Crippen LogP contribution in [0.3, 0.4) is 0 Å². The molecule has 258 valence electrons. The molecule has 2 rings (SSSR count). The van der Waals surface area contributed by atoms with Crippen LogP contribution in [0, 0.1) is 20.2 Å². The maximum atomic E-state index is 10.6. The molecular formula is C30H44N2O14. The molecule has 0 radical (unpaired) electrons. The topological polar surface area (TPSA) is 179 Å². The van der Waals surface area contributed by atoms with Gasteiger partial charge in [-0.25, -0.2) is 0 Å². The Balaban J connectivity index is 1.19. The summed E-state index contributed by atoms with van der Waals surface area (Å²) in [5, 5.41) is 21.3. The van der Waals surface area contributed by atoms with Gasteiger partial charge in [0.15, 0.2) is 0 Å². The van der Waals surface area contributed by atoms with Crippen LogP contribution in [-0.2, 0) is 37.9 Å². The summed E-state index contributed by atoms with van der Waals surface area (Å²) in [6.45, 7) is 7.76. The summed E-state index contributed by atoms with van der Waals surface area (Å²) < 4.78 is 54.4. The predicted octanol–water partition coefficient (Wildman–Crippen LogP) is 3.09. The lowest BCUT2D eigenvalue weighted by Gasteiger charge is -2.09. The lowest BCUT2D eigenvalue weighted by atomic mass is 10.3. The van der Waals surface area contributed by atoms with E-state index in [1.54, 1.807) is 24.3 Å². The van der Waals surface area contributed by atoms with Crippen molar-refractivity contribution in [2.45, 2.75) is 0 Å². The molecule has 0 N–H and O–H groups in total. The standard InChI is InChI=1S/C30H44N2O14/c33-31(34)27-1-5-29(6-2-27)45-25-23-43-21-19-41-17-15-39-13-11-37-9-10-38-12-14-40-16-18-42-20-22-44-24-26-46-30-7-3-28(4-8-30)32(35)36/h1-8H,9-26H2. The van der Waals surface area contributed by atoms with Gasteiger partial charge in [0, 0.05) is 24.3 Å². The van der Waals surface area contributed by atoms with Gasteiger partial charge in [0.05, 0.1) is 116 Å². The molecule has 0 aliphatic heterocycles. The largest absolute Gasteiger partial charge is 0.491 e. The number of hydrogen-bond acceptors (Lipinski definition) is 14. The summed E-state index contributed by atoms with van der Waals surface area (Å²) in [6.07, 6.45) is 0. The molecule has 0 atom stereocenters. The van der Waals surface area contributed by atoms with Crippen molar-refractivity contribution in [1.82, 2.24) is 0 Å². The molecule has 46 heavy (non-hydrogen) atoms.